The van der Waals surface area contributed by atoms with Crippen LogP contribution < -0.4 is 16.6 Å². The summed E-state index contributed by atoms with van der Waals surface area (Å²) in [5, 5.41) is 12.9. The van der Waals surface area contributed by atoms with Crippen LogP contribution in [0.2, 0.25) is 0 Å². The van der Waals surface area contributed by atoms with E-state index in [-0.39, 0.29) is 12.0 Å². The van der Waals surface area contributed by atoms with Gasteiger partial charge in [-0.3, -0.25) is 0 Å². The lowest BCUT2D eigenvalue weighted by molar-refractivity contribution is 0.142. The third kappa shape index (κ3) is 2.87. The van der Waals surface area contributed by atoms with Gasteiger partial charge in [-0.25, -0.2) is 10.8 Å². The smallest absolute Gasteiger partial charge is 0.141 e. The van der Waals surface area contributed by atoms with Gasteiger partial charge < -0.3 is 15.8 Å². The summed E-state index contributed by atoms with van der Waals surface area (Å²) in [6.07, 6.45) is 6.34. The first-order valence-corrected chi connectivity index (χ1v) is 6.05. The summed E-state index contributed by atoms with van der Waals surface area (Å²) in [6.45, 7) is 1.06. The average Bonchev–Trinajstić information content (AvgIpc) is 2.86. The van der Waals surface area contributed by atoms with Gasteiger partial charge >= 0.3 is 0 Å². The minimum absolute atomic E-state index is 0.0551. The van der Waals surface area contributed by atoms with Crippen molar-refractivity contribution < 1.29 is 5.11 Å². The summed E-state index contributed by atoms with van der Waals surface area (Å²) in [6, 6.07) is 3.76. The normalized spacial score (nSPS) is 18.0. The number of aliphatic hydroxyl groups is 1. The summed E-state index contributed by atoms with van der Waals surface area (Å²) >= 11 is 0. The molecule has 1 saturated carbocycles. The summed E-state index contributed by atoms with van der Waals surface area (Å²) < 4.78 is 0. The number of nitrogens with one attached hydrogen (secondary N) is 2. The molecule has 0 aromatic carbocycles. The van der Waals surface area contributed by atoms with Crippen molar-refractivity contribution in [3.63, 3.8) is 0 Å². The first-order valence-electron chi connectivity index (χ1n) is 6.05. The van der Waals surface area contributed by atoms with Crippen molar-refractivity contribution in [1.82, 2.24) is 4.98 Å². The number of hydrogen-bond acceptors (Lipinski definition) is 5. The number of hydrogen-bond donors (Lipinski definition) is 4. The highest BCUT2D eigenvalue weighted by Crippen LogP contribution is 2.37. The summed E-state index contributed by atoms with van der Waals surface area (Å²) in [5.74, 6) is 5.95. The molecule has 0 amide bonds. The summed E-state index contributed by atoms with van der Waals surface area (Å²) in [7, 11) is 0. The number of nitrogens with zero attached hydrogens (tertiary/aromatic N) is 1. The zero-order valence-corrected chi connectivity index (χ0v) is 9.95. The molecule has 1 aliphatic carbocycles. The average molecular weight is 236 g/mol. The molecule has 1 aliphatic rings. The van der Waals surface area contributed by atoms with Gasteiger partial charge in [0.1, 0.15) is 5.82 Å². The maximum Gasteiger partial charge on any atom is 0.141 e. The number of anilines is 2. The van der Waals surface area contributed by atoms with Gasteiger partial charge in [0, 0.05) is 29.9 Å². The zero-order valence-electron chi connectivity index (χ0n) is 9.95. The second-order valence-electron chi connectivity index (χ2n) is 4.79. The SMILES string of the molecule is NNc1cc(NCC2(CO)CCCC2)ccn1. The van der Waals surface area contributed by atoms with E-state index >= 15 is 0 Å². The molecular weight excluding hydrogens is 216 g/mol. The van der Waals surface area contributed by atoms with Crippen molar-refractivity contribution in [3.8, 4) is 0 Å². The van der Waals surface area contributed by atoms with Crippen LogP contribution in [0.15, 0.2) is 18.3 Å². The van der Waals surface area contributed by atoms with Crippen LogP contribution in [0.1, 0.15) is 25.7 Å². The van der Waals surface area contributed by atoms with Crippen LogP contribution in [0, 0.1) is 5.41 Å². The van der Waals surface area contributed by atoms with Crippen molar-refractivity contribution in [2.45, 2.75) is 25.7 Å². The second kappa shape index (κ2) is 5.33. The van der Waals surface area contributed by atoms with E-state index in [1.165, 1.54) is 12.8 Å². The lowest BCUT2D eigenvalue weighted by atomic mass is 9.87. The maximum atomic E-state index is 9.51. The number of nitrogen functional groups attached to an aromatic ring is 1. The highest BCUT2D eigenvalue weighted by atomic mass is 16.3. The fraction of sp³-hybridized carbons (Fsp3) is 0.583. The molecule has 0 atom stereocenters. The number of rotatable bonds is 5. The Kier molecular flexibility index (Phi) is 3.81. The Balaban J connectivity index is 1.96. The molecule has 0 aliphatic heterocycles. The van der Waals surface area contributed by atoms with E-state index in [1.54, 1.807) is 6.20 Å². The van der Waals surface area contributed by atoms with E-state index in [9.17, 15) is 5.11 Å². The van der Waals surface area contributed by atoms with Crippen molar-refractivity contribution in [2.24, 2.45) is 11.3 Å². The third-order valence-electron chi connectivity index (χ3n) is 3.57. The zero-order chi connectivity index (χ0) is 12.1. The standard InChI is InChI=1S/C12H20N4O/c13-16-11-7-10(3-6-14-11)15-8-12(9-17)4-1-2-5-12/h3,6-7,17H,1-2,4-5,8-9,13H2,(H2,14,15,16). The summed E-state index contributed by atoms with van der Waals surface area (Å²) in [5.41, 5.74) is 3.55. The van der Waals surface area contributed by atoms with E-state index in [0.717, 1.165) is 25.1 Å². The van der Waals surface area contributed by atoms with E-state index in [1.807, 2.05) is 12.1 Å². The molecule has 2 rings (SSSR count). The molecule has 5 N–H and O–H groups in total. The Labute approximate surface area is 101 Å². The lowest BCUT2D eigenvalue weighted by Gasteiger charge is -2.27. The fourth-order valence-corrected chi connectivity index (χ4v) is 2.42. The summed E-state index contributed by atoms with van der Waals surface area (Å²) in [4.78, 5) is 4.05. The number of aliphatic hydroxyl groups excluding tert-OH is 1. The van der Waals surface area contributed by atoms with Crippen LogP contribution in [-0.4, -0.2) is 23.2 Å². The van der Waals surface area contributed by atoms with Crippen LogP contribution in [0.25, 0.3) is 0 Å². The molecule has 1 aromatic heterocycles. The van der Waals surface area contributed by atoms with Gasteiger partial charge in [0.2, 0.25) is 0 Å². The van der Waals surface area contributed by atoms with E-state index in [0.29, 0.717) is 5.82 Å². The molecular formula is C12H20N4O. The lowest BCUT2D eigenvalue weighted by Crippen LogP contribution is -2.30. The van der Waals surface area contributed by atoms with Crippen molar-refractivity contribution >= 4 is 11.5 Å². The molecule has 0 unspecified atom stereocenters. The molecule has 5 heteroatoms. The Hall–Kier alpha value is -1.33. The van der Waals surface area contributed by atoms with Crippen LogP contribution in [0.5, 0.6) is 0 Å². The van der Waals surface area contributed by atoms with Crippen LogP contribution in [0.3, 0.4) is 0 Å². The van der Waals surface area contributed by atoms with E-state index in [4.69, 9.17) is 5.84 Å². The predicted molar refractivity (Wildman–Crippen MR) is 68.5 cm³/mol. The molecule has 0 radical (unpaired) electrons. The molecule has 0 spiro atoms. The van der Waals surface area contributed by atoms with Gasteiger partial charge in [0.25, 0.3) is 0 Å². The monoisotopic (exact) mass is 236 g/mol. The third-order valence-corrected chi connectivity index (χ3v) is 3.57. The molecule has 17 heavy (non-hydrogen) atoms. The van der Waals surface area contributed by atoms with Gasteiger partial charge in [-0.1, -0.05) is 12.8 Å². The maximum absolute atomic E-state index is 9.51. The van der Waals surface area contributed by atoms with Crippen LogP contribution in [0.4, 0.5) is 11.5 Å². The van der Waals surface area contributed by atoms with Gasteiger partial charge in [-0.05, 0) is 18.9 Å². The molecule has 1 aromatic rings. The quantitative estimate of drug-likeness (QED) is 0.458. The molecule has 5 nitrogen and oxygen atoms in total. The number of aromatic nitrogens is 1. The number of pyridine rings is 1. The van der Waals surface area contributed by atoms with Crippen LogP contribution in [-0.2, 0) is 0 Å². The van der Waals surface area contributed by atoms with Gasteiger partial charge in [-0.2, -0.15) is 0 Å². The van der Waals surface area contributed by atoms with Crippen molar-refractivity contribution in [2.75, 3.05) is 23.9 Å². The predicted octanol–water partition coefficient (Wildman–Crippen LogP) is 1.33. The Bertz CT molecular complexity index is 363. The Morgan fingerprint density at radius 1 is 1.41 bits per heavy atom. The topological polar surface area (TPSA) is 83.2 Å². The highest BCUT2D eigenvalue weighted by molar-refractivity contribution is 5.51. The van der Waals surface area contributed by atoms with Gasteiger partial charge in [0.15, 0.2) is 0 Å². The van der Waals surface area contributed by atoms with Gasteiger partial charge in [-0.15, -0.1) is 0 Å². The first kappa shape index (κ1) is 12.1. The highest BCUT2D eigenvalue weighted by Gasteiger charge is 2.32. The minimum atomic E-state index is 0.0551. The molecule has 1 heterocycles. The van der Waals surface area contributed by atoms with Crippen molar-refractivity contribution in [3.05, 3.63) is 18.3 Å². The fourth-order valence-electron chi connectivity index (χ4n) is 2.42. The number of nitrogens with two attached hydrogens (primary N) is 1. The molecule has 0 bridgehead atoms. The molecule has 0 saturated heterocycles. The molecule has 94 valence electrons. The largest absolute Gasteiger partial charge is 0.396 e. The van der Waals surface area contributed by atoms with Gasteiger partial charge in [0.05, 0.1) is 6.61 Å². The van der Waals surface area contributed by atoms with E-state index in [2.05, 4.69) is 15.7 Å². The van der Waals surface area contributed by atoms with E-state index < -0.39 is 0 Å². The Morgan fingerprint density at radius 3 is 2.82 bits per heavy atom. The Morgan fingerprint density at radius 2 is 2.18 bits per heavy atom. The molecule has 1 fully saturated rings. The second-order valence-corrected chi connectivity index (χ2v) is 4.79. The van der Waals surface area contributed by atoms with Crippen LogP contribution >= 0.6 is 0 Å². The van der Waals surface area contributed by atoms with Crippen molar-refractivity contribution in [1.29, 1.82) is 0 Å². The minimum Gasteiger partial charge on any atom is -0.396 e. The first-order chi connectivity index (χ1) is 8.28. The number of hydrazine groups is 1.